The average molecular weight is 392 g/mol. The van der Waals surface area contributed by atoms with E-state index in [4.69, 9.17) is 9.47 Å². The Morgan fingerprint density at radius 3 is 2.41 bits per heavy atom. The molecule has 1 aromatic heterocycles. The number of benzene rings is 2. The van der Waals surface area contributed by atoms with Crippen LogP contribution in [-0.4, -0.2) is 30.1 Å². The molecule has 0 atom stereocenters. The summed E-state index contributed by atoms with van der Waals surface area (Å²) in [6.07, 6.45) is 0. The van der Waals surface area contributed by atoms with Crippen LogP contribution < -0.4 is 20.1 Å². The number of hydrogen-bond acceptors (Lipinski definition) is 6. The summed E-state index contributed by atoms with van der Waals surface area (Å²) in [7, 11) is 3.17. The molecule has 2 aromatic carbocycles. The third-order valence-electron chi connectivity index (χ3n) is 4.31. The van der Waals surface area contributed by atoms with Gasteiger partial charge in [0.25, 0.3) is 5.91 Å². The van der Waals surface area contributed by atoms with Crippen LogP contribution in [0.2, 0.25) is 0 Å². The Kier molecular flexibility index (Phi) is 6.29. The molecule has 0 aliphatic rings. The maximum absolute atomic E-state index is 12.6. The fourth-order valence-electron chi connectivity index (χ4n) is 2.75. The molecule has 0 saturated heterocycles. The van der Waals surface area contributed by atoms with Crippen LogP contribution in [0, 0.1) is 13.8 Å². The van der Waals surface area contributed by atoms with E-state index in [-0.39, 0.29) is 11.6 Å². The molecule has 1 amide bonds. The summed E-state index contributed by atoms with van der Waals surface area (Å²) in [5.74, 6) is 1.31. The maximum atomic E-state index is 12.6. The van der Waals surface area contributed by atoms with Crippen molar-refractivity contribution in [3.63, 3.8) is 0 Å². The van der Waals surface area contributed by atoms with Crippen LogP contribution in [0.25, 0.3) is 0 Å². The normalized spacial score (nSPS) is 10.3. The molecule has 1 heterocycles. The second-order valence-electron chi connectivity index (χ2n) is 6.58. The zero-order valence-electron chi connectivity index (χ0n) is 16.9. The molecule has 3 aromatic rings. The number of aromatic nitrogens is 2. The van der Waals surface area contributed by atoms with Gasteiger partial charge >= 0.3 is 0 Å². The number of ether oxygens (including phenoxy) is 2. The van der Waals surface area contributed by atoms with E-state index in [1.54, 1.807) is 38.5 Å². The van der Waals surface area contributed by atoms with Crippen LogP contribution in [0.4, 0.5) is 11.6 Å². The zero-order valence-corrected chi connectivity index (χ0v) is 16.9. The average Bonchev–Trinajstić information content (AvgIpc) is 2.72. The molecule has 0 aliphatic carbocycles. The summed E-state index contributed by atoms with van der Waals surface area (Å²) in [5.41, 5.74) is 3.80. The van der Waals surface area contributed by atoms with Crippen molar-refractivity contribution in [2.24, 2.45) is 0 Å². The van der Waals surface area contributed by atoms with E-state index in [9.17, 15) is 4.79 Å². The van der Waals surface area contributed by atoms with Crippen molar-refractivity contribution in [1.82, 2.24) is 15.3 Å². The highest BCUT2D eigenvalue weighted by atomic mass is 16.5. The standard InChI is InChI=1S/C22H24N4O3/c1-14-5-7-16(8-6-14)13-23-21(27)19-11-15(2)24-22(26-19)25-18-12-17(28-3)9-10-20(18)29-4/h5-12H,13H2,1-4H3,(H,23,27)(H,24,25,26). The van der Waals surface area contributed by atoms with E-state index < -0.39 is 0 Å². The fraction of sp³-hybridized carbons (Fsp3) is 0.227. The summed E-state index contributed by atoms with van der Waals surface area (Å²) < 4.78 is 10.6. The van der Waals surface area contributed by atoms with E-state index in [1.807, 2.05) is 38.1 Å². The highest BCUT2D eigenvalue weighted by molar-refractivity contribution is 5.92. The fourth-order valence-corrected chi connectivity index (χ4v) is 2.75. The maximum Gasteiger partial charge on any atom is 0.270 e. The number of rotatable bonds is 7. The smallest absolute Gasteiger partial charge is 0.270 e. The summed E-state index contributed by atoms with van der Waals surface area (Å²) in [6.45, 7) is 4.26. The Morgan fingerprint density at radius 2 is 1.72 bits per heavy atom. The van der Waals surface area contributed by atoms with Gasteiger partial charge in [-0.25, -0.2) is 9.97 Å². The van der Waals surface area contributed by atoms with Gasteiger partial charge in [-0.1, -0.05) is 29.8 Å². The van der Waals surface area contributed by atoms with Gasteiger partial charge in [-0.05, 0) is 37.6 Å². The number of nitrogens with one attached hydrogen (secondary N) is 2. The molecule has 0 unspecified atom stereocenters. The Morgan fingerprint density at radius 1 is 0.966 bits per heavy atom. The number of carbonyl (C=O) groups is 1. The van der Waals surface area contributed by atoms with Gasteiger partial charge in [0.15, 0.2) is 0 Å². The van der Waals surface area contributed by atoms with Crippen molar-refractivity contribution in [2.75, 3.05) is 19.5 Å². The molecule has 0 spiro atoms. The van der Waals surface area contributed by atoms with Crippen LogP contribution in [0.3, 0.4) is 0 Å². The molecule has 0 saturated carbocycles. The topological polar surface area (TPSA) is 85.4 Å². The number of hydrogen-bond donors (Lipinski definition) is 2. The number of carbonyl (C=O) groups excluding carboxylic acids is 1. The second-order valence-corrected chi connectivity index (χ2v) is 6.58. The van der Waals surface area contributed by atoms with Crippen molar-refractivity contribution in [1.29, 1.82) is 0 Å². The number of methoxy groups -OCH3 is 2. The van der Waals surface area contributed by atoms with Gasteiger partial charge in [-0.2, -0.15) is 0 Å². The number of nitrogens with zero attached hydrogens (tertiary/aromatic N) is 2. The Bertz CT molecular complexity index is 1000. The molecule has 150 valence electrons. The van der Waals surface area contributed by atoms with Crippen LogP contribution >= 0.6 is 0 Å². The van der Waals surface area contributed by atoms with E-state index >= 15 is 0 Å². The van der Waals surface area contributed by atoms with E-state index in [0.717, 1.165) is 5.56 Å². The molecule has 0 bridgehead atoms. The summed E-state index contributed by atoms with van der Waals surface area (Å²) in [4.78, 5) is 21.3. The van der Waals surface area contributed by atoms with Gasteiger partial charge in [0, 0.05) is 18.3 Å². The Labute approximate surface area is 170 Å². The third-order valence-corrected chi connectivity index (χ3v) is 4.31. The van der Waals surface area contributed by atoms with Crippen molar-refractivity contribution >= 4 is 17.5 Å². The molecular weight excluding hydrogens is 368 g/mol. The lowest BCUT2D eigenvalue weighted by Crippen LogP contribution is -2.24. The minimum absolute atomic E-state index is 0.267. The lowest BCUT2D eigenvalue weighted by Gasteiger charge is -2.13. The SMILES string of the molecule is COc1ccc(OC)c(Nc2nc(C)cc(C(=O)NCc3ccc(C)cc3)n2)c1. The third kappa shape index (κ3) is 5.22. The van der Waals surface area contributed by atoms with E-state index in [0.29, 0.717) is 35.4 Å². The van der Waals surface area contributed by atoms with Gasteiger partial charge < -0.3 is 20.1 Å². The quantitative estimate of drug-likeness (QED) is 0.636. The van der Waals surface area contributed by atoms with Crippen molar-refractivity contribution in [2.45, 2.75) is 20.4 Å². The second kappa shape index (κ2) is 9.05. The van der Waals surface area contributed by atoms with Crippen molar-refractivity contribution < 1.29 is 14.3 Å². The predicted octanol–water partition coefficient (Wildman–Crippen LogP) is 3.78. The minimum atomic E-state index is -0.267. The van der Waals surface area contributed by atoms with Gasteiger partial charge in [0.2, 0.25) is 5.95 Å². The molecule has 0 fully saturated rings. The van der Waals surface area contributed by atoms with Gasteiger partial charge in [-0.3, -0.25) is 4.79 Å². The summed E-state index contributed by atoms with van der Waals surface area (Å²) in [5, 5.41) is 6.00. The largest absolute Gasteiger partial charge is 0.497 e. The Hall–Kier alpha value is -3.61. The predicted molar refractivity (Wildman–Crippen MR) is 112 cm³/mol. The number of amides is 1. The van der Waals surface area contributed by atoms with Crippen molar-refractivity contribution in [3.05, 3.63) is 71.0 Å². The van der Waals surface area contributed by atoms with E-state index in [2.05, 4.69) is 20.6 Å². The molecule has 7 heteroatoms. The minimum Gasteiger partial charge on any atom is -0.497 e. The molecule has 3 rings (SSSR count). The first kappa shape index (κ1) is 20.1. The summed E-state index contributed by atoms with van der Waals surface area (Å²) in [6, 6.07) is 15.0. The molecule has 7 nitrogen and oxygen atoms in total. The van der Waals surface area contributed by atoms with Crippen LogP contribution in [0.15, 0.2) is 48.5 Å². The molecule has 0 radical (unpaired) electrons. The monoisotopic (exact) mass is 392 g/mol. The number of aryl methyl sites for hydroxylation is 2. The van der Waals surface area contributed by atoms with Crippen LogP contribution in [0.5, 0.6) is 11.5 Å². The highest BCUT2D eigenvalue weighted by Crippen LogP contribution is 2.30. The van der Waals surface area contributed by atoms with Gasteiger partial charge in [0.1, 0.15) is 17.2 Å². The first-order valence-corrected chi connectivity index (χ1v) is 9.17. The Balaban J connectivity index is 1.77. The first-order valence-electron chi connectivity index (χ1n) is 9.17. The lowest BCUT2D eigenvalue weighted by molar-refractivity contribution is 0.0945. The van der Waals surface area contributed by atoms with Crippen molar-refractivity contribution in [3.8, 4) is 11.5 Å². The van der Waals surface area contributed by atoms with E-state index in [1.165, 1.54) is 5.56 Å². The first-order chi connectivity index (χ1) is 14.0. The highest BCUT2D eigenvalue weighted by Gasteiger charge is 2.13. The lowest BCUT2D eigenvalue weighted by atomic mass is 10.1. The molecule has 29 heavy (non-hydrogen) atoms. The van der Waals surface area contributed by atoms with Gasteiger partial charge in [0.05, 0.1) is 19.9 Å². The van der Waals surface area contributed by atoms with Crippen LogP contribution in [-0.2, 0) is 6.54 Å². The zero-order chi connectivity index (χ0) is 20.8. The van der Waals surface area contributed by atoms with Gasteiger partial charge in [-0.15, -0.1) is 0 Å². The van der Waals surface area contributed by atoms with Crippen LogP contribution in [0.1, 0.15) is 27.3 Å². The molecule has 0 aliphatic heterocycles. The molecule has 2 N–H and O–H groups in total. The molecular formula is C22H24N4O3. The summed E-state index contributed by atoms with van der Waals surface area (Å²) >= 11 is 0. The number of anilines is 2.